The highest BCUT2D eigenvalue weighted by Crippen LogP contribution is 2.26. The minimum Gasteiger partial charge on any atom is -0.355 e. The van der Waals surface area contributed by atoms with Crippen LogP contribution in [0.1, 0.15) is 13.8 Å². The largest absolute Gasteiger partial charge is 0.355 e. The second-order valence-corrected chi connectivity index (χ2v) is 6.97. The van der Waals surface area contributed by atoms with Crippen LogP contribution in [-0.2, 0) is 4.79 Å². The van der Waals surface area contributed by atoms with E-state index >= 15 is 0 Å². The molecule has 0 spiro atoms. The van der Waals surface area contributed by atoms with Crippen LogP contribution in [-0.4, -0.2) is 27.3 Å². The van der Waals surface area contributed by atoms with Crippen LogP contribution < -0.4 is 10.9 Å². The molecule has 0 aliphatic carbocycles. The molecule has 0 aliphatic heterocycles. The second kappa shape index (κ2) is 7.70. The molecule has 3 aromatic rings. The van der Waals surface area contributed by atoms with Crippen LogP contribution >= 0.6 is 11.8 Å². The third-order valence-electron chi connectivity index (χ3n) is 3.84. The van der Waals surface area contributed by atoms with E-state index in [0.29, 0.717) is 17.4 Å². The van der Waals surface area contributed by atoms with Crippen molar-refractivity contribution in [3.63, 3.8) is 0 Å². The molecule has 0 saturated carbocycles. The molecule has 1 aromatic heterocycles. The lowest BCUT2D eigenvalue weighted by Gasteiger charge is -2.16. The zero-order valence-electron chi connectivity index (χ0n) is 14.4. The van der Waals surface area contributed by atoms with Crippen molar-refractivity contribution in [2.24, 2.45) is 0 Å². The fourth-order valence-corrected chi connectivity index (χ4v) is 3.51. The molecular weight excluding hydrogens is 353 g/mol. The number of hydrogen-bond acceptors (Lipinski definition) is 4. The lowest BCUT2D eigenvalue weighted by molar-refractivity contribution is -0.120. The van der Waals surface area contributed by atoms with Gasteiger partial charge in [0.15, 0.2) is 5.16 Å². The van der Waals surface area contributed by atoms with Crippen LogP contribution in [0.25, 0.3) is 16.6 Å². The van der Waals surface area contributed by atoms with Gasteiger partial charge in [0.2, 0.25) is 5.91 Å². The highest BCUT2D eigenvalue weighted by Gasteiger charge is 2.21. The predicted octanol–water partition coefficient (Wildman–Crippen LogP) is 3.14. The number of carbonyl (C=O) groups is 1. The van der Waals surface area contributed by atoms with Crippen molar-refractivity contribution in [2.45, 2.75) is 24.3 Å². The van der Waals surface area contributed by atoms with E-state index in [1.807, 2.05) is 6.92 Å². The van der Waals surface area contributed by atoms with Crippen LogP contribution in [0.5, 0.6) is 0 Å². The van der Waals surface area contributed by atoms with Gasteiger partial charge >= 0.3 is 0 Å². The third kappa shape index (κ3) is 3.48. The first-order valence-electron chi connectivity index (χ1n) is 8.24. The molecule has 5 nitrogen and oxygen atoms in total. The number of para-hydroxylation sites is 2. The van der Waals surface area contributed by atoms with Gasteiger partial charge in [-0.2, -0.15) is 0 Å². The number of thioether (sulfide) groups is 1. The monoisotopic (exact) mass is 371 g/mol. The number of aromatic nitrogens is 2. The first-order chi connectivity index (χ1) is 12.5. The Kier molecular flexibility index (Phi) is 5.37. The number of hydrogen-bond donors (Lipinski definition) is 1. The van der Waals surface area contributed by atoms with E-state index in [1.165, 1.54) is 16.7 Å². The molecule has 0 unspecified atom stereocenters. The summed E-state index contributed by atoms with van der Waals surface area (Å²) in [6, 6.07) is 12.9. The molecule has 0 aliphatic rings. The summed E-state index contributed by atoms with van der Waals surface area (Å²) in [4.78, 5) is 29.6. The van der Waals surface area contributed by atoms with Gasteiger partial charge in [0.25, 0.3) is 5.56 Å². The Bertz CT molecular complexity index is 1020. The van der Waals surface area contributed by atoms with E-state index in [0.717, 1.165) is 11.8 Å². The first-order valence-corrected chi connectivity index (χ1v) is 9.12. The molecule has 7 heteroatoms. The fourth-order valence-electron chi connectivity index (χ4n) is 2.57. The molecule has 1 atom stereocenters. The maximum Gasteiger partial charge on any atom is 0.266 e. The smallest absolute Gasteiger partial charge is 0.266 e. The van der Waals surface area contributed by atoms with Gasteiger partial charge in [-0.1, -0.05) is 36.0 Å². The highest BCUT2D eigenvalue weighted by molar-refractivity contribution is 8.00. The van der Waals surface area contributed by atoms with Crippen LogP contribution in [0.15, 0.2) is 58.5 Å². The molecular formula is C19H18FN3O2S. The summed E-state index contributed by atoms with van der Waals surface area (Å²) in [5.74, 6) is -0.695. The van der Waals surface area contributed by atoms with Crippen LogP contribution in [0.2, 0.25) is 0 Å². The Labute approximate surface area is 154 Å². The number of amides is 1. The topological polar surface area (TPSA) is 64.0 Å². The Morgan fingerprint density at radius 2 is 1.92 bits per heavy atom. The summed E-state index contributed by atoms with van der Waals surface area (Å²) in [6.45, 7) is 4.07. The molecule has 1 N–H and O–H groups in total. The lowest BCUT2D eigenvalue weighted by Crippen LogP contribution is -2.31. The van der Waals surface area contributed by atoms with Crippen molar-refractivity contribution in [1.29, 1.82) is 0 Å². The summed E-state index contributed by atoms with van der Waals surface area (Å²) in [7, 11) is 0. The van der Waals surface area contributed by atoms with Gasteiger partial charge in [0.05, 0.1) is 21.8 Å². The van der Waals surface area contributed by atoms with Crippen molar-refractivity contribution in [3.8, 4) is 5.69 Å². The molecule has 2 aromatic carbocycles. The highest BCUT2D eigenvalue weighted by atomic mass is 32.2. The predicted molar refractivity (Wildman–Crippen MR) is 101 cm³/mol. The lowest BCUT2D eigenvalue weighted by atomic mass is 10.2. The van der Waals surface area contributed by atoms with E-state index in [4.69, 9.17) is 0 Å². The van der Waals surface area contributed by atoms with Gasteiger partial charge in [-0.05, 0) is 38.1 Å². The SMILES string of the molecule is CCNC(=O)[C@H](C)Sc1nc2ccccc2c(=O)n1-c1ccccc1F. The summed E-state index contributed by atoms with van der Waals surface area (Å²) >= 11 is 1.12. The number of rotatable bonds is 5. The number of halogens is 1. The van der Waals surface area contributed by atoms with Gasteiger partial charge in [-0.3, -0.25) is 14.2 Å². The molecule has 3 rings (SSSR count). The van der Waals surface area contributed by atoms with Crippen molar-refractivity contribution in [1.82, 2.24) is 14.9 Å². The van der Waals surface area contributed by atoms with Crippen molar-refractivity contribution in [2.75, 3.05) is 6.54 Å². The Hall–Kier alpha value is -2.67. The number of nitrogens with zero attached hydrogens (tertiary/aromatic N) is 2. The van der Waals surface area contributed by atoms with Crippen LogP contribution in [0, 0.1) is 5.82 Å². The maximum atomic E-state index is 14.4. The van der Waals surface area contributed by atoms with E-state index in [-0.39, 0.29) is 22.3 Å². The van der Waals surface area contributed by atoms with Crippen LogP contribution in [0.4, 0.5) is 4.39 Å². The number of nitrogens with one attached hydrogen (secondary N) is 1. The molecule has 26 heavy (non-hydrogen) atoms. The summed E-state index contributed by atoms with van der Waals surface area (Å²) < 4.78 is 15.6. The Balaban J connectivity index is 2.20. The molecule has 0 radical (unpaired) electrons. The summed E-state index contributed by atoms with van der Waals surface area (Å²) in [5, 5.41) is 2.92. The average Bonchev–Trinajstić information content (AvgIpc) is 2.63. The van der Waals surface area contributed by atoms with Gasteiger partial charge in [-0.15, -0.1) is 0 Å². The summed E-state index contributed by atoms with van der Waals surface area (Å²) in [6.07, 6.45) is 0. The Morgan fingerprint density at radius 1 is 1.23 bits per heavy atom. The maximum absolute atomic E-state index is 14.4. The molecule has 0 bridgehead atoms. The fraction of sp³-hybridized carbons (Fsp3) is 0.211. The standard InChI is InChI=1S/C19H18FN3O2S/c1-3-21-17(24)12(2)26-19-22-15-10-6-4-8-13(15)18(25)23(19)16-11-7-5-9-14(16)20/h4-12H,3H2,1-2H3,(H,21,24)/t12-/m0/s1. The molecule has 0 saturated heterocycles. The zero-order chi connectivity index (χ0) is 18.7. The zero-order valence-corrected chi connectivity index (χ0v) is 15.2. The van der Waals surface area contributed by atoms with E-state index in [1.54, 1.807) is 43.3 Å². The van der Waals surface area contributed by atoms with Crippen molar-refractivity contribution >= 4 is 28.6 Å². The minimum absolute atomic E-state index is 0.112. The number of carbonyl (C=O) groups excluding carboxylic acids is 1. The molecule has 0 fully saturated rings. The molecule has 1 amide bonds. The normalized spacial score (nSPS) is 12.1. The molecule has 134 valence electrons. The van der Waals surface area contributed by atoms with Gasteiger partial charge in [-0.25, -0.2) is 9.37 Å². The average molecular weight is 371 g/mol. The van der Waals surface area contributed by atoms with Gasteiger partial charge < -0.3 is 5.32 Å². The molecule has 1 heterocycles. The van der Waals surface area contributed by atoms with E-state index in [9.17, 15) is 14.0 Å². The van der Waals surface area contributed by atoms with Crippen molar-refractivity contribution in [3.05, 3.63) is 64.7 Å². The second-order valence-electron chi connectivity index (χ2n) is 5.66. The minimum atomic E-state index is -0.529. The first kappa shape index (κ1) is 18.1. The Morgan fingerprint density at radius 3 is 2.65 bits per heavy atom. The van der Waals surface area contributed by atoms with Gasteiger partial charge in [0.1, 0.15) is 5.82 Å². The summed E-state index contributed by atoms with van der Waals surface area (Å²) in [5.41, 5.74) is 0.253. The number of fused-ring (bicyclic) bond motifs is 1. The number of benzene rings is 2. The quantitative estimate of drug-likeness (QED) is 0.553. The van der Waals surface area contributed by atoms with E-state index in [2.05, 4.69) is 10.3 Å². The van der Waals surface area contributed by atoms with E-state index < -0.39 is 11.1 Å². The van der Waals surface area contributed by atoms with Crippen LogP contribution in [0.3, 0.4) is 0 Å². The van der Waals surface area contributed by atoms with Crippen molar-refractivity contribution < 1.29 is 9.18 Å². The third-order valence-corrected chi connectivity index (χ3v) is 4.89. The van der Waals surface area contributed by atoms with Gasteiger partial charge in [0, 0.05) is 6.54 Å².